The Morgan fingerprint density at radius 3 is 1.79 bits per heavy atom. The van der Waals surface area contributed by atoms with Crippen LogP contribution in [0.3, 0.4) is 0 Å². The lowest BCUT2D eigenvalue weighted by molar-refractivity contribution is 0.839. The second kappa shape index (κ2) is 6.76. The quantitative estimate of drug-likeness (QED) is 0.635. The molecule has 1 nitrogen and oxygen atoms in total. The van der Waals surface area contributed by atoms with E-state index in [1.165, 1.54) is 28.0 Å². The van der Waals surface area contributed by atoms with E-state index < -0.39 is 0 Å². The molecule has 3 aromatic carbocycles. The smallest absolute Gasteiger partial charge is 0.0525 e. The van der Waals surface area contributed by atoms with Crippen LogP contribution >= 0.6 is 0 Å². The van der Waals surface area contributed by atoms with Crippen LogP contribution in [0.5, 0.6) is 0 Å². The standard InChI is InChI=1S/C23H21N/c1-4-10-18(11-5-1)21-16-17-22(24-20-14-8-3-9-15-20)23(21)19-12-6-2-7-13-19/h1-15,22,24H,16-17H2. The molecule has 0 heterocycles. The Morgan fingerprint density at radius 1 is 0.625 bits per heavy atom. The molecule has 118 valence electrons. The Hall–Kier alpha value is -2.80. The van der Waals surface area contributed by atoms with Crippen molar-refractivity contribution in [3.63, 3.8) is 0 Å². The third-order valence-electron chi connectivity index (χ3n) is 4.68. The van der Waals surface area contributed by atoms with Gasteiger partial charge in [-0.25, -0.2) is 0 Å². The van der Waals surface area contributed by atoms with Crippen LogP contribution < -0.4 is 5.32 Å². The molecule has 4 rings (SSSR count). The van der Waals surface area contributed by atoms with E-state index in [-0.39, 0.29) is 0 Å². The second-order valence-corrected chi connectivity index (χ2v) is 6.23. The van der Waals surface area contributed by atoms with Crippen molar-refractivity contribution < 1.29 is 0 Å². The Bertz CT molecular complexity index is 820. The van der Waals surface area contributed by atoms with Crippen LogP contribution in [-0.2, 0) is 0 Å². The third kappa shape index (κ3) is 2.98. The fourth-order valence-electron chi connectivity index (χ4n) is 3.59. The summed E-state index contributed by atoms with van der Waals surface area (Å²) in [5, 5.41) is 3.73. The van der Waals surface area contributed by atoms with Gasteiger partial charge in [-0.05, 0) is 47.2 Å². The van der Waals surface area contributed by atoms with Gasteiger partial charge in [0, 0.05) is 5.69 Å². The maximum atomic E-state index is 3.73. The van der Waals surface area contributed by atoms with Crippen molar-refractivity contribution in [3.05, 3.63) is 102 Å². The van der Waals surface area contributed by atoms with E-state index in [1.54, 1.807) is 0 Å². The number of nitrogens with one attached hydrogen (secondary N) is 1. The largest absolute Gasteiger partial charge is 0.378 e. The Morgan fingerprint density at radius 2 is 1.17 bits per heavy atom. The number of benzene rings is 3. The molecular formula is C23H21N. The SMILES string of the molecule is c1ccc(NC2CCC(c3ccccc3)=C2c2ccccc2)cc1. The van der Waals surface area contributed by atoms with Crippen molar-refractivity contribution in [2.24, 2.45) is 0 Å². The van der Waals surface area contributed by atoms with Gasteiger partial charge in [-0.3, -0.25) is 0 Å². The van der Waals surface area contributed by atoms with Crippen LogP contribution in [0.4, 0.5) is 5.69 Å². The van der Waals surface area contributed by atoms with Crippen LogP contribution in [0.15, 0.2) is 91.0 Å². The molecule has 0 bridgehead atoms. The fourth-order valence-corrected chi connectivity index (χ4v) is 3.59. The number of rotatable bonds is 4. The number of anilines is 1. The van der Waals surface area contributed by atoms with Gasteiger partial charge >= 0.3 is 0 Å². The normalized spacial score (nSPS) is 17.1. The molecule has 1 heteroatoms. The van der Waals surface area contributed by atoms with E-state index in [1.807, 2.05) is 0 Å². The zero-order chi connectivity index (χ0) is 16.2. The summed E-state index contributed by atoms with van der Waals surface area (Å²) in [5.74, 6) is 0. The highest BCUT2D eigenvalue weighted by atomic mass is 14.9. The highest BCUT2D eigenvalue weighted by Gasteiger charge is 2.27. The molecule has 1 N–H and O–H groups in total. The van der Waals surface area contributed by atoms with Gasteiger partial charge in [0.1, 0.15) is 0 Å². The van der Waals surface area contributed by atoms with E-state index in [0.29, 0.717) is 6.04 Å². The van der Waals surface area contributed by atoms with Crippen molar-refractivity contribution in [2.75, 3.05) is 5.32 Å². The van der Waals surface area contributed by atoms with Gasteiger partial charge in [-0.15, -0.1) is 0 Å². The van der Waals surface area contributed by atoms with Gasteiger partial charge < -0.3 is 5.32 Å². The zero-order valence-corrected chi connectivity index (χ0v) is 13.7. The van der Waals surface area contributed by atoms with E-state index in [0.717, 1.165) is 12.8 Å². The molecule has 0 saturated heterocycles. The molecule has 3 aromatic rings. The molecule has 0 fully saturated rings. The first-order valence-corrected chi connectivity index (χ1v) is 8.57. The minimum atomic E-state index is 0.352. The molecule has 1 aliphatic rings. The number of allylic oxidation sites excluding steroid dienone is 1. The maximum absolute atomic E-state index is 3.73. The molecule has 1 aliphatic carbocycles. The van der Waals surface area contributed by atoms with Gasteiger partial charge in [0.25, 0.3) is 0 Å². The van der Waals surface area contributed by atoms with Crippen LogP contribution in [0.1, 0.15) is 24.0 Å². The molecule has 0 amide bonds. The lowest BCUT2D eigenvalue weighted by Gasteiger charge is -2.19. The van der Waals surface area contributed by atoms with E-state index in [9.17, 15) is 0 Å². The highest BCUT2D eigenvalue weighted by Crippen LogP contribution is 2.41. The van der Waals surface area contributed by atoms with E-state index >= 15 is 0 Å². The summed E-state index contributed by atoms with van der Waals surface area (Å²) < 4.78 is 0. The molecular weight excluding hydrogens is 290 g/mol. The summed E-state index contributed by atoms with van der Waals surface area (Å²) in [6.07, 6.45) is 2.24. The highest BCUT2D eigenvalue weighted by molar-refractivity contribution is 5.96. The monoisotopic (exact) mass is 311 g/mol. The van der Waals surface area contributed by atoms with Crippen LogP contribution in [0, 0.1) is 0 Å². The van der Waals surface area contributed by atoms with E-state index in [2.05, 4.69) is 96.3 Å². The maximum Gasteiger partial charge on any atom is 0.0525 e. The van der Waals surface area contributed by atoms with Crippen molar-refractivity contribution in [3.8, 4) is 0 Å². The summed E-state index contributed by atoms with van der Waals surface area (Å²) >= 11 is 0. The second-order valence-electron chi connectivity index (χ2n) is 6.23. The Labute approximate surface area is 143 Å². The third-order valence-corrected chi connectivity index (χ3v) is 4.68. The van der Waals surface area contributed by atoms with Crippen LogP contribution in [0.2, 0.25) is 0 Å². The first-order valence-electron chi connectivity index (χ1n) is 8.57. The predicted octanol–water partition coefficient (Wildman–Crippen LogP) is 5.87. The molecule has 1 unspecified atom stereocenters. The summed E-state index contributed by atoms with van der Waals surface area (Å²) in [6.45, 7) is 0. The predicted molar refractivity (Wildman–Crippen MR) is 103 cm³/mol. The molecule has 0 aliphatic heterocycles. The average molecular weight is 311 g/mol. The van der Waals surface area contributed by atoms with Gasteiger partial charge in [-0.2, -0.15) is 0 Å². The zero-order valence-electron chi connectivity index (χ0n) is 13.7. The summed E-state index contributed by atoms with van der Waals surface area (Å²) in [5.41, 5.74) is 6.75. The van der Waals surface area contributed by atoms with Gasteiger partial charge in [0.2, 0.25) is 0 Å². The number of hydrogen-bond acceptors (Lipinski definition) is 1. The summed E-state index contributed by atoms with van der Waals surface area (Å²) in [6, 6.07) is 32.4. The van der Waals surface area contributed by atoms with Gasteiger partial charge in [0.05, 0.1) is 6.04 Å². The Balaban J connectivity index is 1.76. The number of para-hydroxylation sites is 1. The Kier molecular flexibility index (Phi) is 4.16. The molecule has 0 spiro atoms. The van der Waals surface area contributed by atoms with Gasteiger partial charge in [0.15, 0.2) is 0 Å². The van der Waals surface area contributed by atoms with Crippen molar-refractivity contribution in [1.29, 1.82) is 0 Å². The molecule has 24 heavy (non-hydrogen) atoms. The first-order chi connectivity index (χ1) is 11.9. The lowest BCUT2D eigenvalue weighted by Crippen LogP contribution is -2.18. The first kappa shape index (κ1) is 14.8. The van der Waals surface area contributed by atoms with Crippen LogP contribution in [-0.4, -0.2) is 6.04 Å². The van der Waals surface area contributed by atoms with Crippen molar-refractivity contribution >= 4 is 16.8 Å². The van der Waals surface area contributed by atoms with E-state index in [4.69, 9.17) is 0 Å². The molecule has 0 aromatic heterocycles. The average Bonchev–Trinajstić information content (AvgIpc) is 3.07. The minimum Gasteiger partial charge on any atom is -0.378 e. The summed E-state index contributed by atoms with van der Waals surface area (Å²) in [7, 11) is 0. The molecule has 1 atom stereocenters. The minimum absolute atomic E-state index is 0.352. The topological polar surface area (TPSA) is 12.0 Å². The van der Waals surface area contributed by atoms with Gasteiger partial charge in [-0.1, -0.05) is 78.9 Å². The molecule has 0 saturated carbocycles. The summed E-state index contributed by atoms with van der Waals surface area (Å²) in [4.78, 5) is 0. The van der Waals surface area contributed by atoms with Crippen molar-refractivity contribution in [1.82, 2.24) is 0 Å². The number of hydrogen-bond donors (Lipinski definition) is 1. The lowest BCUT2D eigenvalue weighted by atomic mass is 9.95. The molecule has 0 radical (unpaired) electrons. The van der Waals surface area contributed by atoms with Crippen LogP contribution in [0.25, 0.3) is 11.1 Å². The fraction of sp³-hybridized carbons (Fsp3) is 0.130. The van der Waals surface area contributed by atoms with Crippen molar-refractivity contribution in [2.45, 2.75) is 18.9 Å².